The van der Waals surface area contributed by atoms with Crippen LogP contribution in [0.15, 0.2) is 34.3 Å². The molecule has 0 radical (unpaired) electrons. The Hall–Kier alpha value is -3.30. The van der Waals surface area contributed by atoms with Gasteiger partial charge in [0.05, 0.1) is 11.1 Å². The van der Waals surface area contributed by atoms with Crippen molar-refractivity contribution in [2.75, 3.05) is 13.1 Å². The van der Waals surface area contributed by atoms with E-state index in [4.69, 9.17) is 33.1 Å². The highest BCUT2D eigenvalue weighted by Gasteiger charge is 2.05. The fraction of sp³-hybridized carbons (Fsp3) is 0.706. The molecule has 0 bridgehead atoms. The number of nitrogens with zero attached hydrogens (tertiary/aromatic N) is 2. The average molecular weight is 621 g/mol. The number of rotatable bonds is 24. The van der Waals surface area contributed by atoms with E-state index in [1.165, 1.54) is 140 Å². The van der Waals surface area contributed by atoms with Gasteiger partial charge in [-0.05, 0) is 37.1 Å². The van der Waals surface area contributed by atoms with Crippen LogP contribution in [0, 0.1) is 0 Å². The molecule has 44 heavy (non-hydrogen) atoms. The van der Waals surface area contributed by atoms with E-state index < -0.39 is 11.9 Å². The topological polar surface area (TPSA) is 203 Å². The van der Waals surface area contributed by atoms with E-state index in [1.807, 2.05) is 0 Å². The number of carboxylic acid groups (broad SMARTS) is 2. The van der Waals surface area contributed by atoms with Crippen molar-refractivity contribution in [2.24, 2.45) is 32.9 Å². The van der Waals surface area contributed by atoms with Gasteiger partial charge in [-0.2, -0.15) is 0 Å². The Labute approximate surface area is 267 Å². The van der Waals surface area contributed by atoms with E-state index in [9.17, 15) is 9.59 Å². The van der Waals surface area contributed by atoms with Crippen LogP contribution in [0.1, 0.15) is 163 Å². The number of nitrogens with two attached hydrogens (primary N) is 4. The number of unbranched alkanes of at least 4 members (excludes halogenated alkanes) is 18. The van der Waals surface area contributed by atoms with Crippen LogP contribution < -0.4 is 22.9 Å². The molecule has 10 N–H and O–H groups in total. The molecule has 0 aromatic heterocycles. The van der Waals surface area contributed by atoms with Crippen LogP contribution in [0.3, 0.4) is 0 Å². The number of hydrogen-bond donors (Lipinski definition) is 6. The normalized spacial score (nSPS) is 10.0. The molecule has 0 aliphatic heterocycles. The van der Waals surface area contributed by atoms with Crippen LogP contribution in [0.2, 0.25) is 0 Å². The van der Waals surface area contributed by atoms with Crippen molar-refractivity contribution in [3.8, 4) is 0 Å². The third kappa shape index (κ3) is 33.2. The maximum absolute atomic E-state index is 10.3. The minimum Gasteiger partial charge on any atom is -0.478 e. The van der Waals surface area contributed by atoms with Crippen molar-refractivity contribution in [3.05, 3.63) is 35.4 Å². The summed E-state index contributed by atoms with van der Waals surface area (Å²) in [4.78, 5) is 28.6. The highest BCUT2D eigenvalue weighted by molar-refractivity contribution is 5.91. The Kier molecular flexibility index (Phi) is 31.7. The van der Waals surface area contributed by atoms with Crippen LogP contribution in [0.25, 0.3) is 0 Å². The number of aromatic carboxylic acids is 2. The van der Waals surface area contributed by atoms with Crippen molar-refractivity contribution >= 4 is 23.9 Å². The highest BCUT2D eigenvalue weighted by atomic mass is 16.4. The molecule has 0 amide bonds. The molecule has 0 aliphatic rings. The third-order valence-electron chi connectivity index (χ3n) is 6.99. The van der Waals surface area contributed by atoms with Gasteiger partial charge in [0.2, 0.25) is 0 Å². The van der Waals surface area contributed by atoms with Gasteiger partial charge in [0.25, 0.3) is 0 Å². The van der Waals surface area contributed by atoms with Gasteiger partial charge in [0.15, 0.2) is 11.9 Å². The van der Waals surface area contributed by atoms with E-state index in [-0.39, 0.29) is 23.0 Å². The molecule has 1 aromatic rings. The minimum absolute atomic E-state index is 0.0833. The fourth-order valence-corrected chi connectivity index (χ4v) is 4.37. The standard InChI is InChI=1S/2C13H29N3.C8H6O4/c2*1-2-3-4-5-6-7-8-9-10-11-12-16-13(14)15;9-7(10)5-1-2-6(4-3-5)8(11)12/h2*2-12H2,1H3,(H4,14,15,16);1-4H,(H,9,10)(H,11,12). The lowest BCUT2D eigenvalue weighted by Gasteiger charge is -2.01. The first-order valence-corrected chi connectivity index (χ1v) is 16.8. The van der Waals surface area contributed by atoms with E-state index in [0.29, 0.717) is 0 Å². The fourth-order valence-electron chi connectivity index (χ4n) is 4.37. The van der Waals surface area contributed by atoms with Crippen molar-refractivity contribution in [2.45, 2.75) is 142 Å². The molecule has 0 heterocycles. The Balaban J connectivity index is 0. The predicted octanol–water partition coefficient (Wildman–Crippen LogP) is 7.44. The summed E-state index contributed by atoms with van der Waals surface area (Å²) in [5.41, 5.74) is 21.1. The zero-order valence-electron chi connectivity index (χ0n) is 27.8. The lowest BCUT2D eigenvalue weighted by atomic mass is 10.1. The van der Waals surface area contributed by atoms with Crippen LogP contribution in [-0.4, -0.2) is 47.2 Å². The molecule has 0 unspecified atom stereocenters. The van der Waals surface area contributed by atoms with Gasteiger partial charge >= 0.3 is 11.9 Å². The molecule has 0 aliphatic carbocycles. The number of carbonyl (C=O) groups is 2. The van der Waals surface area contributed by atoms with Gasteiger partial charge < -0.3 is 33.1 Å². The van der Waals surface area contributed by atoms with Gasteiger partial charge in [-0.1, -0.05) is 129 Å². The molecule has 1 aromatic carbocycles. The highest BCUT2D eigenvalue weighted by Crippen LogP contribution is 2.11. The Bertz CT molecular complexity index is 796. The summed E-state index contributed by atoms with van der Waals surface area (Å²) in [5, 5.41) is 16.9. The zero-order chi connectivity index (χ0) is 33.3. The van der Waals surface area contributed by atoms with Gasteiger partial charge in [-0.15, -0.1) is 0 Å². The van der Waals surface area contributed by atoms with Crippen molar-refractivity contribution in [3.63, 3.8) is 0 Å². The van der Waals surface area contributed by atoms with Gasteiger partial charge in [-0.3, -0.25) is 9.98 Å². The first kappa shape index (κ1) is 42.8. The second-order valence-electron chi connectivity index (χ2n) is 11.2. The van der Waals surface area contributed by atoms with E-state index in [2.05, 4.69) is 23.8 Å². The maximum atomic E-state index is 10.3. The molecule has 0 atom stereocenters. The summed E-state index contributed by atoms with van der Waals surface area (Å²) in [6.45, 7) is 6.10. The van der Waals surface area contributed by atoms with Gasteiger partial charge in [0, 0.05) is 13.1 Å². The monoisotopic (exact) mass is 620 g/mol. The lowest BCUT2D eigenvalue weighted by molar-refractivity contribution is 0.0681. The predicted molar refractivity (Wildman–Crippen MR) is 185 cm³/mol. The number of aliphatic imine (C=N–C) groups is 2. The van der Waals surface area contributed by atoms with Crippen molar-refractivity contribution in [1.29, 1.82) is 0 Å². The smallest absolute Gasteiger partial charge is 0.335 e. The zero-order valence-corrected chi connectivity index (χ0v) is 27.8. The van der Waals surface area contributed by atoms with Crippen molar-refractivity contribution < 1.29 is 19.8 Å². The molecule has 10 heteroatoms. The number of guanidine groups is 2. The Morgan fingerprint density at radius 2 is 0.705 bits per heavy atom. The summed E-state index contributed by atoms with van der Waals surface area (Å²) in [6, 6.07) is 5.02. The first-order chi connectivity index (χ1) is 21.1. The van der Waals surface area contributed by atoms with Crippen LogP contribution in [0.5, 0.6) is 0 Å². The molecule has 0 saturated carbocycles. The van der Waals surface area contributed by atoms with E-state index in [0.717, 1.165) is 25.9 Å². The largest absolute Gasteiger partial charge is 0.478 e. The molecule has 10 nitrogen and oxygen atoms in total. The summed E-state index contributed by atoms with van der Waals surface area (Å²) in [5.74, 6) is -1.69. The Morgan fingerprint density at radius 1 is 0.477 bits per heavy atom. The van der Waals surface area contributed by atoms with Gasteiger partial charge in [0.1, 0.15) is 0 Å². The average Bonchev–Trinajstić information content (AvgIpc) is 2.99. The summed E-state index contributed by atoms with van der Waals surface area (Å²) < 4.78 is 0. The minimum atomic E-state index is -1.06. The molecular formula is C34H64N6O4. The Morgan fingerprint density at radius 3 is 0.909 bits per heavy atom. The van der Waals surface area contributed by atoms with Gasteiger partial charge in [-0.25, -0.2) is 9.59 Å². The SMILES string of the molecule is CCCCCCCCCCCCN=C(N)N.CCCCCCCCCCCCN=C(N)N.O=C(O)c1ccc(C(=O)O)cc1. The number of benzene rings is 1. The molecular weight excluding hydrogens is 556 g/mol. The summed E-state index contributed by atoms with van der Waals surface area (Å²) in [6.07, 6.45) is 26.9. The van der Waals surface area contributed by atoms with E-state index >= 15 is 0 Å². The maximum Gasteiger partial charge on any atom is 0.335 e. The lowest BCUT2D eigenvalue weighted by Crippen LogP contribution is -2.22. The third-order valence-corrected chi connectivity index (χ3v) is 6.99. The second kappa shape index (κ2) is 32.6. The van der Waals surface area contributed by atoms with Crippen LogP contribution in [0.4, 0.5) is 0 Å². The molecule has 254 valence electrons. The first-order valence-electron chi connectivity index (χ1n) is 16.8. The molecule has 0 fully saturated rings. The molecule has 0 spiro atoms. The van der Waals surface area contributed by atoms with Crippen molar-refractivity contribution in [1.82, 2.24) is 0 Å². The second-order valence-corrected chi connectivity index (χ2v) is 11.2. The van der Waals surface area contributed by atoms with Crippen LogP contribution >= 0.6 is 0 Å². The molecule has 1 rings (SSSR count). The molecule has 0 saturated heterocycles. The number of hydrogen-bond acceptors (Lipinski definition) is 4. The van der Waals surface area contributed by atoms with Crippen LogP contribution in [-0.2, 0) is 0 Å². The summed E-state index contributed by atoms with van der Waals surface area (Å²) >= 11 is 0. The van der Waals surface area contributed by atoms with E-state index in [1.54, 1.807) is 0 Å². The summed E-state index contributed by atoms with van der Waals surface area (Å²) in [7, 11) is 0. The quantitative estimate of drug-likeness (QED) is 0.0388. The number of carboxylic acids is 2.